The highest BCUT2D eigenvalue weighted by atomic mass is 35.5. The molecule has 0 aromatic rings. The predicted molar refractivity (Wildman–Crippen MR) is 98.7 cm³/mol. The Balaban J connectivity index is 1.96. The second-order valence-corrected chi connectivity index (χ2v) is 8.74. The molecule has 1 heterocycles. The molecular weight excluding hydrogens is 292 g/mol. The Morgan fingerprint density at radius 1 is 0.864 bits per heavy atom. The van der Waals surface area contributed by atoms with Gasteiger partial charge in [-0.25, -0.2) is 0 Å². The molecule has 1 fully saturated rings. The first-order valence-corrected chi connectivity index (χ1v) is 10.1. The molecule has 0 aromatic carbocycles. The third-order valence-electron chi connectivity index (χ3n) is 5.42. The highest BCUT2D eigenvalue weighted by Crippen LogP contribution is 2.41. The zero-order chi connectivity index (χ0) is 16.6. The first-order chi connectivity index (χ1) is 10.4. The fraction of sp³-hybridized carbons (Fsp3) is 1.00. The third kappa shape index (κ3) is 8.20. The van der Waals surface area contributed by atoms with Crippen LogP contribution in [0.15, 0.2) is 0 Å². The van der Waals surface area contributed by atoms with Crippen molar-refractivity contribution in [1.29, 1.82) is 0 Å². The van der Waals surface area contributed by atoms with Gasteiger partial charge in [0.25, 0.3) is 0 Å². The van der Waals surface area contributed by atoms with Crippen LogP contribution in [0.3, 0.4) is 0 Å². The van der Waals surface area contributed by atoms with Crippen molar-refractivity contribution in [2.45, 2.75) is 104 Å². The largest absolute Gasteiger partial charge is 0.365 e. The summed E-state index contributed by atoms with van der Waals surface area (Å²) in [6.45, 7) is 11.7. The summed E-state index contributed by atoms with van der Waals surface area (Å²) in [7, 11) is 0. The molecule has 2 heteroatoms. The summed E-state index contributed by atoms with van der Waals surface area (Å²) in [5.41, 5.74) is 0.104. The summed E-state index contributed by atoms with van der Waals surface area (Å²) in [5, 5.41) is 0. The third-order valence-corrected chi connectivity index (χ3v) is 5.70. The monoisotopic (exact) mass is 330 g/mol. The van der Waals surface area contributed by atoms with Crippen LogP contribution in [0.1, 0.15) is 92.4 Å². The van der Waals surface area contributed by atoms with Gasteiger partial charge in [-0.1, -0.05) is 79.1 Å². The van der Waals surface area contributed by atoms with Crippen LogP contribution < -0.4 is 0 Å². The first kappa shape index (κ1) is 20.3. The van der Waals surface area contributed by atoms with Crippen molar-refractivity contribution in [3.05, 3.63) is 0 Å². The molecular formula is C20H39ClO. The van der Waals surface area contributed by atoms with Gasteiger partial charge >= 0.3 is 0 Å². The molecule has 0 bridgehead atoms. The molecule has 1 aliphatic rings. The lowest BCUT2D eigenvalue weighted by Gasteiger charge is -2.15. The molecule has 0 spiro atoms. The van der Waals surface area contributed by atoms with Gasteiger partial charge in [0.2, 0.25) is 0 Å². The van der Waals surface area contributed by atoms with Gasteiger partial charge in [-0.3, -0.25) is 0 Å². The average Bonchev–Trinajstić information content (AvgIpc) is 3.09. The van der Waals surface area contributed by atoms with Gasteiger partial charge in [-0.2, -0.15) is 0 Å². The number of hydrogen-bond acceptors (Lipinski definition) is 1. The van der Waals surface area contributed by atoms with E-state index in [9.17, 15) is 0 Å². The zero-order valence-corrected chi connectivity index (χ0v) is 16.4. The molecule has 0 saturated carbocycles. The summed E-state index contributed by atoms with van der Waals surface area (Å²) >= 11 is 5.85. The zero-order valence-electron chi connectivity index (χ0n) is 15.7. The van der Waals surface area contributed by atoms with E-state index in [1.807, 2.05) is 0 Å². The smallest absolute Gasteiger partial charge is 0.101 e. The average molecular weight is 331 g/mol. The Hall–Kier alpha value is 0.250. The van der Waals surface area contributed by atoms with Gasteiger partial charge in [0, 0.05) is 0 Å². The van der Waals surface area contributed by atoms with Gasteiger partial charge < -0.3 is 4.74 Å². The highest BCUT2D eigenvalue weighted by molar-refractivity contribution is 6.18. The van der Waals surface area contributed by atoms with Crippen LogP contribution >= 0.6 is 11.6 Å². The maximum atomic E-state index is 5.85. The molecule has 1 saturated heterocycles. The van der Waals surface area contributed by atoms with E-state index >= 15 is 0 Å². The number of hydrogen-bond donors (Lipinski definition) is 0. The van der Waals surface area contributed by atoms with Crippen LogP contribution in [0.5, 0.6) is 0 Å². The lowest BCUT2D eigenvalue weighted by atomic mass is 9.91. The second kappa shape index (κ2) is 10.2. The number of alkyl halides is 1. The van der Waals surface area contributed by atoms with Crippen molar-refractivity contribution in [3.8, 4) is 0 Å². The summed E-state index contributed by atoms with van der Waals surface area (Å²) in [5.74, 6) is 3.29. The minimum Gasteiger partial charge on any atom is -0.365 e. The highest BCUT2D eigenvalue weighted by Gasteiger charge is 2.50. The van der Waals surface area contributed by atoms with Crippen LogP contribution in [0.2, 0.25) is 0 Å². The van der Waals surface area contributed by atoms with Gasteiger partial charge in [0.15, 0.2) is 0 Å². The number of halogens is 1. The van der Waals surface area contributed by atoms with Crippen molar-refractivity contribution in [2.75, 3.05) is 5.88 Å². The molecule has 1 nitrogen and oxygen atoms in total. The number of rotatable bonds is 13. The molecule has 0 aliphatic carbocycles. The van der Waals surface area contributed by atoms with Crippen LogP contribution in [0.4, 0.5) is 0 Å². The van der Waals surface area contributed by atoms with Crippen LogP contribution in [0.25, 0.3) is 0 Å². The lowest BCUT2D eigenvalue weighted by Crippen LogP contribution is -2.11. The minimum atomic E-state index is 0.104. The van der Waals surface area contributed by atoms with Crippen molar-refractivity contribution < 1.29 is 4.74 Å². The van der Waals surface area contributed by atoms with Crippen LogP contribution in [-0.2, 0) is 4.74 Å². The van der Waals surface area contributed by atoms with Crippen molar-refractivity contribution in [1.82, 2.24) is 0 Å². The normalized spacial score (nSPS) is 27.1. The summed E-state index contributed by atoms with van der Waals surface area (Å²) in [4.78, 5) is 0. The van der Waals surface area contributed by atoms with Gasteiger partial charge in [-0.05, 0) is 31.1 Å². The Morgan fingerprint density at radius 2 is 1.36 bits per heavy atom. The van der Waals surface area contributed by atoms with E-state index in [-0.39, 0.29) is 5.60 Å². The molecule has 4 atom stereocenters. The molecule has 0 aromatic heterocycles. The molecule has 1 aliphatic heterocycles. The molecule has 4 unspecified atom stereocenters. The summed E-state index contributed by atoms with van der Waals surface area (Å²) in [6, 6.07) is 0. The quantitative estimate of drug-likeness (QED) is 0.266. The predicted octanol–water partition coefficient (Wildman–Crippen LogP) is 6.82. The Labute approximate surface area is 144 Å². The number of ether oxygens (including phenoxy) is 1. The van der Waals surface area contributed by atoms with E-state index in [4.69, 9.17) is 16.3 Å². The molecule has 0 N–H and O–H groups in total. The molecule has 22 heavy (non-hydrogen) atoms. The standard InChI is InChI=1S/C20H39ClO/c1-16(2)9-6-10-17(3)11-7-12-18(4)13-8-14-20(5)19(15-21)22-20/h16-19H,6-15H2,1-5H3. The molecule has 0 amide bonds. The van der Waals surface area contributed by atoms with E-state index in [2.05, 4.69) is 34.6 Å². The SMILES string of the molecule is CC(C)CCCC(C)CCCC(C)CCCC1(C)OC1CCl. The Bertz CT molecular complexity index is 291. The van der Waals surface area contributed by atoms with E-state index in [1.54, 1.807) is 0 Å². The van der Waals surface area contributed by atoms with E-state index in [0.717, 1.165) is 17.8 Å². The lowest BCUT2D eigenvalue weighted by molar-refractivity contribution is 0.286. The van der Waals surface area contributed by atoms with Crippen LogP contribution in [-0.4, -0.2) is 17.6 Å². The fourth-order valence-electron chi connectivity index (χ4n) is 3.49. The Kier molecular flexibility index (Phi) is 9.40. The van der Waals surface area contributed by atoms with Crippen molar-refractivity contribution in [3.63, 3.8) is 0 Å². The molecule has 132 valence electrons. The summed E-state index contributed by atoms with van der Waals surface area (Å²) < 4.78 is 5.67. The van der Waals surface area contributed by atoms with Crippen molar-refractivity contribution >= 4 is 11.6 Å². The molecule has 1 rings (SSSR count). The van der Waals surface area contributed by atoms with Crippen LogP contribution in [0, 0.1) is 17.8 Å². The van der Waals surface area contributed by atoms with Gasteiger partial charge in [-0.15, -0.1) is 11.6 Å². The topological polar surface area (TPSA) is 12.5 Å². The molecule has 0 radical (unpaired) electrons. The number of epoxide rings is 1. The maximum Gasteiger partial charge on any atom is 0.101 e. The van der Waals surface area contributed by atoms with Gasteiger partial charge in [0.05, 0.1) is 11.5 Å². The summed E-state index contributed by atoms with van der Waals surface area (Å²) in [6.07, 6.45) is 12.6. The fourth-order valence-corrected chi connectivity index (χ4v) is 3.87. The van der Waals surface area contributed by atoms with Crippen molar-refractivity contribution in [2.24, 2.45) is 17.8 Å². The van der Waals surface area contributed by atoms with Gasteiger partial charge in [0.1, 0.15) is 6.10 Å². The minimum absolute atomic E-state index is 0.104. The first-order valence-electron chi connectivity index (χ1n) is 9.61. The van der Waals surface area contributed by atoms with E-state index < -0.39 is 0 Å². The maximum absolute atomic E-state index is 5.85. The van der Waals surface area contributed by atoms with E-state index in [0.29, 0.717) is 12.0 Å². The van der Waals surface area contributed by atoms with E-state index in [1.165, 1.54) is 57.8 Å². The Morgan fingerprint density at radius 3 is 1.82 bits per heavy atom. The second-order valence-electron chi connectivity index (χ2n) is 8.43.